The molecule has 144 valence electrons. The molecule has 1 aliphatic rings. The monoisotopic (exact) mass is 366 g/mol. The van der Waals surface area contributed by atoms with Crippen LogP contribution in [0.5, 0.6) is 0 Å². The predicted octanol–water partition coefficient (Wildman–Crippen LogP) is 3.35. The van der Waals surface area contributed by atoms with E-state index in [1.165, 1.54) is 5.56 Å². The molecule has 0 spiro atoms. The van der Waals surface area contributed by atoms with Gasteiger partial charge in [-0.1, -0.05) is 42.5 Å². The zero-order chi connectivity index (χ0) is 19.3. The third-order valence-electron chi connectivity index (χ3n) is 5.11. The fraction of sp³-hybridized carbons (Fsp3) is 0.435. The molecule has 0 radical (unpaired) electrons. The molecule has 1 saturated heterocycles. The van der Waals surface area contributed by atoms with Crippen molar-refractivity contribution in [3.63, 3.8) is 0 Å². The Morgan fingerprint density at radius 3 is 2.30 bits per heavy atom. The number of rotatable bonds is 6. The lowest BCUT2D eigenvalue weighted by atomic mass is 9.97. The number of nitrogens with zero attached hydrogens (tertiary/aromatic N) is 2. The van der Waals surface area contributed by atoms with Crippen LogP contribution in [0.15, 0.2) is 54.6 Å². The van der Waals surface area contributed by atoms with E-state index in [0.29, 0.717) is 6.42 Å². The minimum absolute atomic E-state index is 0.111. The minimum Gasteiger partial charge on any atom is -0.390 e. The van der Waals surface area contributed by atoms with Crippen molar-refractivity contribution in [2.45, 2.75) is 38.8 Å². The van der Waals surface area contributed by atoms with Crippen molar-refractivity contribution in [3.8, 4) is 0 Å². The van der Waals surface area contributed by atoms with Gasteiger partial charge in [0.15, 0.2) is 0 Å². The van der Waals surface area contributed by atoms with Gasteiger partial charge >= 0.3 is 0 Å². The zero-order valence-corrected chi connectivity index (χ0v) is 16.4. The van der Waals surface area contributed by atoms with Crippen LogP contribution in [0.4, 0.5) is 0 Å². The van der Waals surface area contributed by atoms with Crippen LogP contribution in [0.3, 0.4) is 0 Å². The number of hydrogen-bond acceptors (Lipinski definition) is 3. The molecule has 0 unspecified atom stereocenters. The summed E-state index contributed by atoms with van der Waals surface area (Å²) in [5, 5.41) is 9.91. The number of benzene rings is 2. The van der Waals surface area contributed by atoms with E-state index in [2.05, 4.69) is 29.2 Å². The van der Waals surface area contributed by atoms with Gasteiger partial charge in [-0.05, 0) is 49.9 Å². The highest BCUT2D eigenvalue weighted by Crippen LogP contribution is 2.16. The Kier molecular flexibility index (Phi) is 6.30. The fourth-order valence-corrected chi connectivity index (χ4v) is 3.44. The third kappa shape index (κ3) is 5.91. The van der Waals surface area contributed by atoms with E-state index in [1.54, 1.807) is 0 Å². The van der Waals surface area contributed by atoms with E-state index in [9.17, 15) is 9.90 Å². The summed E-state index contributed by atoms with van der Waals surface area (Å²) >= 11 is 0. The molecule has 1 fully saturated rings. The Labute approximate surface area is 162 Å². The van der Waals surface area contributed by atoms with Gasteiger partial charge in [-0.2, -0.15) is 0 Å². The van der Waals surface area contributed by atoms with Crippen LogP contribution in [0.1, 0.15) is 41.8 Å². The highest BCUT2D eigenvalue weighted by atomic mass is 16.3. The second kappa shape index (κ2) is 8.68. The van der Waals surface area contributed by atoms with Crippen LogP contribution < -0.4 is 0 Å². The van der Waals surface area contributed by atoms with Crippen molar-refractivity contribution in [3.05, 3.63) is 71.3 Å². The van der Waals surface area contributed by atoms with Gasteiger partial charge in [0.1, 0.15) is 0 Å². The number of piperazine rings is 1. The molecule has 0 aliphatic carbocycles. The molecule has 1 aliphatic heterocycles. The molecular weight excluding hydrogens is 336 g/mol. The summed E-state index contributed by atoms with van der Waals surface area (Å²) in [6.07, 6.45) is 1.46. The Morgan fingerprint density at radius 1 is 0.963 bits per heavy atom. The van der Waals surface area contributed by atoms with Crippen LogP contribution in [-0.4, -0.2) is 52.6 Å². The highest BCUT2D eigenvalue weighted by Gasteiger charge is 2.22. The maximum Gasteiger partial charge on any atom is 0.253 e. The van der Waals surface area contributed by atoms with Crippen LogP contribution in [0.25, 0.3) is 0 Å². The minimum atomic E-state index is -0.685. The maximum atomic E-state index is 12.9. The van der Waals surface area contributed by atoms with E-state index in [-0.39, 0.29) is 5.91 Å². The van der Waals surface area contributed by atoms with E-state index in [0.717, 1.165) is 50.3 Å². The summed E-state index contributed by atoms with van der Waals surface area (Å²) in [5.41, 5.74) is 2.48. The van der Waals surface area contributed by atoms with Gasteiger partial charge in [0.05, 0.1) is 5.60 Å². The number of amides is 1. The lowest BCUT2D eigenvalue weighted by molar-refractivity contribution is 0.0628. The van der Waals surface area contributed by atoms with Crippen molar-refractivity contribution in [2.75, 3.05) is 26.2 Å². The first-order valence-corrected chi connectivity index (χ1v) is 9.78. The van der Waals surface area contributed by atoms with Crippen molar-refractivity contribution in [1.29, 1.82) is 0 Å². The molecule has 0 atom stereocenters. The molecule has 1 heterocycles. The van der Waals surface area contributed by atoms with Gasteiger partial charge in [0, 0.05) is 38.3 Å². The van der Waals surface area contributed by atoms with Crippen molar-refractivity contribution in [1.82, 2.24) is 9.80 Å². The first-order chi connectivity index (χ1) is 12.9. The lowest BCUT2D eigenvalue weighted by Gasteiger charge is -2.34. The van der Waals surface area contributed by atoms with Gasteiger partial charge in [0.2, 0.25) is 0 Å². The summed E-state index contributed by atoms with van der Waals surface area (Å²) in [4.78, 5) is 17.2. The van der Waals surface area contributed by atoms with Crippen molar-refractivity contribution < 1.29 is 9.90 Å². The van der Waals surface area contributed by atoms with Gasteiger partial charge in [-0.25, -0.2) is 0 Å². The average molecular weight is 367 g/mol. The van der Waals surface area contributed by atoms with Crippen LogP contribution >= 0.6 is 0 Å². The molecule has 0 bridgehead atoms. The van der Waals surface area contributed by atoms with E-state index < -0.39 is 5.60 Å². The van der Waals surface area contributed by atoms with E-state index in [4.69, 9.17) is 0 Å². The van der Waals surface area contributed by atoms with Crippen LogP contribution in [-0.2, 0) is 13.0 Å². The Bertz CT molecular complexity index is 744. The summed E-state index contributed by atoms with van der Waals surface area (Å²) in [6, 6.07) is 18.3. The van der Waals surface area contributed by atoms with E-state index >= 15 is 0 Å². The predicted molar refractivity (Wildman–Crippen MR) is 109 cm³/mol. The smallest absolute Gasteiger partial charge is 0.253 e. The number of carbonyl (C=O) groups is 1. The summed E-state index contributed by atoms with van der Waals surface area (Å²) in [6.45, 7) is 7.90. The van der Waals surface area contributed by atoms with Crippen molar-refractivity contribution in [2.24, 2.45) is 0 Å². The Hall–Kier alpha value is -2.17. The van der Waals surface area contributed by atoms with Crippen LogP contribution in [0, 0.1) is 0 Å². The van der Waals surface area contributed by atoms with E-state index in [1.807, 2.05) is 49.1 Å². The number of aliphatic hydroxyl groups is 1. The van der Waals surface area contributed by atoms with Gasteiger partial charge in [-0.15, -0.1) is 0 Å². The SMILES string of the molecule is CC(C)(O)CCc1cccc(C(=O)N2CCN(Cc3ccccc3)CC2)c1. The largest absolute Gasteiger partial charge is 0.390 e. The normalized spacial score (nSPS) is 15.7. The molecule has 0 saturated carbocycles. The second-order valence-corrected chi connectivity index (χ2v) is 8.07. The molecule has 27 heavy (non-hydrogen) atoms. The molecule has 4 nitrogen and oxygen atoms in total. The second-order valence-electron chi connectivity index (χ2n) is 8.07. The molecule has 2 aromatic rings. The first kappa shape index (κ1) is 19.6. The Balaban J connectivity index is 1.54. The summed E-state index contributed by atoms with van der Waals surface area (Å²) < 4.78 is 0. The van der Waals surface area contributed by atoms with Crippen molar-refractivity contribution >= 4 is 5.91 Å². The van der Waals surface area contributed by atoms with Gasteiger partial charge < -0.3 is 10.0 Å². The fourth-order valence-electron chi connectivity index (χ4n) is 3.44. The molecular formula is C23H30N2O2. The number of hydrogen-bond donors (Lipinski definition) is 1. The van der Waals surface area contributed by atoms with Crippen LogP contribution in [0.2, 0.25) is 0 Å². The molecule has 0 aromatic heterocycles. The average Bonchev–Trinajstić information content (AvgIpc) is 2.67. The number of carbonyl (C=O) groups excluding carboxylic acids is 1. The topological polar surface area (TPSA) is 43.8 Å². The van der Waals surface area contributed by atoms with Gasteiger partial charge in [-0.3, -0.25) is 9.69 Å². The molecule has 1 N–H and O–H groups in total. The third-order valence-corrected chi connectivity index (χ3v) is 5.11. The molecule has 1 amide bonds. The summed E-state index contributed by atoms with van der Waals surface area (Å²) in [7, 11) is 0. The maximum absolute atomic E-state index is 12.9. The molecule has 2 aromatic carbocycles. The number of aryl methyl sites for hydroxylation is 1. The molecule has 3 rings (SSSR count). The molecule has 4 heteroatoms. The standard InChI is InChI=1S/C23H30N2O2/c1-23(2,27)12-11-19-9-6-10-21(17-19)22(26)25-15-13-24(14-16-25)18-20-7-4-3-5-8-20/h3-10,17,27H,11-16,18H2,1-2H3. The quantitative estimate of drug-likeness (QED) is 0.853. The zero-order valence-electron chi connectivity index (χ0n) is 16.4. The summed E-state index contributed by atoms with van der Waals surface area (Å²) in [5.74, 6) is 0.111. The lowest BCUT2D eigenvalue weighted by Crippen LogP contribution is -2.48. The van der Waals surface area contributed by atoms with Gasteiger partial charge in [0.25, 0.3) is 5.91 Å². The first-order valence-electron chi connectivity index (χ1n) is 9.78. The Morgan fingerprint density at radius 2 is 1.63 bits per heavy atom. The highest BCUT2D eigenvalue weighted by molar-refractivity contribution is 5.94.